The molecule has 3 rings (SSSR count). The fourth-order valence-corrected chi connectivity index (χ4v) is 2.49. The number of aromatic hydroxyl groups is 2. The van der Waals surface area contributed by atoms with Gasteiger partial charge in [-0.1, -0.05) is 36.9 Å². The summed E-state index contributed by atoms with van der Waals surface area (Å²) in [5.74, 6) is -1.96. The number of rotatable bonds is 3. The highest BCUT2D eigenvalue weighted by atomic mass is 16.5. The molecule has 0 radical (unpaired) electrons. The predicted octanol–water partition coefficient (Wildman–Crippen LogP) is 2.44. The zero-order valence-electron chi connectivity index (χ0n) is 11.5. The van der Waals surface area contributed by atoms with Crippen LogP contribution in [0.15, 0.2) is 43.0 Å². The molecule has 0 saturated carbocycles. The molecule has 2 N–H and O–H groups in total. The van der Waals surface area contributed by atoms with Crippen molar-refractivity contribution in [1.82, 2.24) is 0 Å². The van der Waals surface area contributed by atoms with Crippen molar-refractivity contribution in [3.63, 3.8) is 0 Å². The molecule has 0 spiro atoms. The first-order valence-corrected chi connectivity index (χ1v) is 6.57. The Morgan fingerprint density at radius 2 is 1.64 bits per heavy atom. The van der Waals surface area contributed by atoms with Gasteiger partial charge >= 0.3 is 0 Å². The molecule has 2 aromatic carbocycles. The Kier molecular flexibility index (Phi) is 3.18. The van der Waals surface area contributed by atoms with E-state index in [9.17, 15) is 19.8 Å². The van der Waals surface area contributed by atoms with Gasteiger partial charge in [0.25, 0.3) is 0 Å². The minimum atomic E-state index is -0.526. The Hall–Kier alpha value is -3.08. The molecule has 0 amide bonds. The van der Waals surface area contributed by atoms with Gasteiger partial charge in [-0.25, -0.2) is 0 Å². The smallest absolute Gasteiger partial charge is 0.198 e. The van der Waals surface area contributed by atoms with Crippen LogP contribution in [0.5, 0.6) is 17.2 Å². The van der Waals surface area contributed by atoms with E-state index in [1.54, 1.807) is 12.1 Å². The van der Waals surface area contributed by atoms with Crippen LogP contribution in [0.25, 0.3) is 0 Å². The molecule has 0 aromatic heterocycles. The summed E-state index contributed by atoms with van der Waals surface area (Å²) in [6.07, 6.45) is 1.46. The molecule has 0 bridgehead atoms. The van der Waals surface area contributed by atoms with Crippen LogP contribution >= 0.6 is 0 Å². The molecule has 1 aliphatic carbocycles. The van der Waals surface area contributed by atoms with Crippen molar-refractivity contribution >= 4 is 11.6 Å². The third-order valence-corrected chi connectivity index (χ3v) is 3.47. The topological polar surface area (TPSA) is 83.8 Å². The predicted molar refractivity (Wildman–Crippen MR) is 78.8 cm³/mol. The second kappa shape index (κ2) is 5.04. The van der Waals surface area contributed by atoms with Gasteiger partial charge in [-0.15, -0.1) is 0 Å². The zero-order valence-corrected chi connectivity index (χ0v) is 11.5. The maximum Gasteiger partial charge on any atom is 0.198 e. The van der Waals surface area contributed by atoms with Crippen molar-refractivity contribution in [2.75, 3.05) is 6.61 Å². The van der Waals surface area contributed by atoms with Crippen LogP contribution in [0.3, 0.4) is 0 Å². The summed E-state index contributed by atoms with van der Waals surface area (Å²) in [7, 11) is 0. The van der Waals surface area contributed by atoms with Crippen LogP contribution in [0.2, 0.25) is 0 Å². The molecule has 0 aliphatic heterocycles. The average molecular weight is 296 g/mol. The number of fused-ring (bicyclic) bond motifs is 2. The van der Waals surface area contributed by atoms with Crippen LogP contribution < -0.4 is 4.74 Å². The van der Waals surface area contributed by atoms with E-state index in [1.165, 1.54) is 18.2 Å². The van der Waals surface area contributed by atoms with Gasteiger partial charge in [0.1, 0.15) is 12.4 Å². The van der Waals surface area contributed by atoms with Gasteiger partial charge in [0.05, 0.1) is 11.1 Å². The number of ether oxygens (including phenoxy) is 1. The minimum absolute atomic E-state index is 0.0725. The SMILES string of the molecule is C=CCOc1cc(O)c2c(c1O)C(=O)c1ccccc1C2=O. The van der Waals surface area contributed by atoms with E-state index < -0.39 is 23.1 Å². The summed E-state index contributed by atoms with van der Waals surface area (Å²) in [4.78, 5) is 25.0. The summed E-state index contributed by atoms with van der Waals surface area (Å²) >= 11 is 0. The highest BCUT2D eigenvalue weighted by molar-refractivity contribution is 6.30. The number of carbonyl (C=O) groups is 2. The normalized spacial score (nSPS) is 12.5. The standard InChI is InChI=1S/C17H12O5/c1-2-7-22-12-8-11(18)13-14(17(12)21)16(20)10-6-4-3-5-9(10)15(13)19/h2-6,8,18,21H,1,7H2. The number of phenols is 2. The Labute approximate surface area is 126 Å². The van der Waals surface area contributed by atoms with Gasteiger partial charge in [-0.3, -0.25) is 9.59 Å². The Balaban J connectivity index is 2.26. The number of hydrogen-bond donors (Lipinski definition) is 2. The largest absolute Gasteiger partial charge is 0.507 e. The van der Waals surface area contributed by atoms with Crippen LogP contribution in [-0.4, -0.2) is 28.4 Å². The highest BCUT2D eigenvalue weighted by Crippen LogP contribution is 2.43. The fraction of sp³-hybridized carbons (Fsp3) is 0.0588. The van der Waals surface area contributed by atoms with Crippen molar-refractivity contribution < 1.29 is 24.5 Å². The lowest BCUT2D eigenvalue weighted by Crippen LogP contribution is -2.21. The first-order valence-electron chi connectivity index (χ1n) is 6.57. The molecule has 0 fully saturated rings. The summed E-state index contributed by atoms with van der Waals surface area (Å²) in [6.45, 7) is 3.57. The first-order chi connectivity index (χ1) is 10.6. The molecule has 0 unspecified atom stereocenters. The van der Waals surface area contributed by atoms with E-state index in [0.717, 1.165) is 6.07 Å². The van der Waals surface area contributed by atoms with E-state index in [1.807, 2.05) is 0 Å². The molecular formula is C17H12O5. The number of carbonyl (C=O) groups excluding carboxylic acids is 2. The molecule has 22 heavy (non-hydrogen) atoms. The van der Waals surface area contributed by atoms with Gasteiger partial charge in [-0.2, -0.15) is 0 Å². The van der Waals surface area contributed by atoms with Crippen molar-refractivity contribution in [3.05, 3.63) is 65.2 Å². The van der Waals surface area contributed by atoms with E-state index in [2.05, 4.69) is 6.58 Å². The van der Waals surface area contributed by atoms with Gasteiger partial charge in [0.15, 0.2) is 23.1 Å². The molecule has 2 aromatic rings. The quantitative estimate of drug-likeness (QED) is 0.573. The first kappa shape index (κ1) is 13.9. The number of hydrogen-bond acceptors (Lipinski definition) is 5. The Morgan fingerprint density at radius 1 is 1.05 bits per heavy atom. The minimum Gasteiger partial charge on any atom is -0.507 e. The van der Waals surface area contributed by atoms with Crippen molar-refractivity contribution in [2.45, 2.75) is 0 Å². The fourth-order valence-electron chi connectivity index (χ4n) is 2.49. The lowest BCUT2D eigenvalue weighted by Gasteiger charge is -2.20. The van der Waals surface area contributed by atoms with E-state index >= 15 is 0 Å². The lowest BCUT2D eigenvalue weighted by atomic mass is 9.83. The molecule has 5 heteroatoms. The maximum absolute atomic E-state index is 12.6. The molecule has 1 aliphatic rings. The molecule has 0 atom stereocenters. The summed E-state index contributed by atoms with van der Waals surface area (Å²) in [5.41, 5.74) is -0.0417. The molecular weight excluding hydrogens is 284 g/mol. The van der Waals surface area contributed by atoms with Crippen molar-refractivity contribution in [2.24, 2.45) is 0 Å². The Bertz CT molecular complexity index is 820. The molecule has 5 nitrogen and oxygen atoms in total. The monoisotopic (exact) mass is 296 g/mol. The number of benzene rings is 2. The molecule has 0 heterocycles. The van der Waals surface area contributed by atoms with E-state index in [0.29, 0.717) is 0 Å². The molecule has 110 valence electrons. The van der Waals surface area contributed by atoms with Crippen LogP contribution in [-0.2, 0) is 0 Å². The van der Waals surface area contributed by atoms with Crippen LogP contribution in [0, 0.1) is 0 Å². The van der Waals surface area contributed by atoms with E-state index in [4.69, 9.17) is 4.74 Å². The molecule has 0 saturated heterocycles. The van der Waals surface area contributed by atoms with Gasteiger partial charge in [-0.05, 0) is 0 Å². The lowest BCUT2D eigenvalue weighted by molar-refractivity contribution is 0.0973. The Morgan fingerprint density at radius 3 is 2.23 bits per heavy atom. The third kappa shape index (κ3) is 1.87. The number of ketones is 2. The summed E-state index contributed by atoms with van der Waals surface area (Å²) in [5, 5.41) is 20.3. The maximum atomic E-state index is 12.6. The highest BCUT2D eigenvalue weighted by Gasteiger charge is 2.35. The van der Waals surface area contributed by atoms with Crippen LogP contribution in [0.4, 0.5) is 0 Å². The van der Waals surface area contributed by atoms with Crippen molar-refractivity contribution in [3.8, 4) is 17.2 Å². The third-order valence-electron chi connectivity index (χ3n) is 3.47. The van der Waals surface area contributed by atoms with Crippen molar-refractivity contribution in [1.29, 1.82) is 0 Å². The summed E-state index contributed by atoms with van der Waals surface area (Å²) in [6, 6.07) is 7.40. The number of phenolic OH excluding ortho intramolecular Hbond substituents is 2. The van der Waals surface area contributed by atoms with E-state index in [-0.39, 0.29) is 34.6 Å². The van der Waals surface area contributed by atoms with Gasteiger partial charge in [0, 0.05) is 17.2 Å². The zero-order chi connectivity index (χ0) is 15.9. The average Bonchev–Trinajstić information content (AvgIpc) is 2.53. The second-order valence-electron chi connectivity index (χ2n) is 4.80. The second-order valence-corrected chi connectivity index (χ2v) is 4.80. The van der Waals surface area contributed by atoms with Gasteiger partial charge in [0.2, 0.25) is 0 Å². The van der Waals surface area contributed by atoms with Crippen LogP contribution in [0.1, 0.15) is 31.8 Å². The summed E-state index contributed by atoms with van der Waals surface area (Å²) < 4.78 is 5.21. The van der Waals surface area contributed by atoms with Gasteiger partial charge < -0.3 is 14.9 Å².